The molecule has 0 aromatic heterocycles. The summed E-state index contributed by atoms with van der Waals surface area (Å²) in [6.45, 7) is 7.84. The van der Waals surface area contributed by atoms with Crippen molar-refractivity contribution >= 4 is 32.7 Å². The molecule has 0 heterocycles. The van der Waals surface area contributed by atoms with Gasteiger partial charge in [0.2, 0.25) is 0 Å². The fraction of sp³-hybridized carbons (Fsp3) is 0.216. The van der Waals surface area contributed by atoms with Crippen molar-refractivity contribution in [3.63, 3.8) is 0 Å². The molecule has 0 atom stereocenters. The number of benzene rings is 5. The predicted octanol–water partition coefficient (Wildman–Crippen LogP) is 10.00. The molecule has 0 unspecified atom stereocenters. The molecule has 0 saturated heterocycles. The minimum Gasteiger partial charge on any atom is -0.494 e. The summed E-state index contributed by atoms with van der Waals surface area (Å²) < 4.78 is 22.7. The normalized spacial score (nSPS) is 10.5. The smallest absolute Gasteiger partial charge is 0.343 e. The zero-order valence-electron chi connectivity index (χ0n) is 25.1. The van der Waals surface area contributed by atoms with Gasteiger partial charge in [0.1, 0.15) is 17.2 Å². The van der Waals surface area contributed by atoms with Crippen molar-refractivity contribution in [2.24, 2.45) is 0 Å². The highest BCUT2D eigenvalue weighted by molar-refractivity contribution is 9.10. The van der Waals surface area contributed by atoms with Crippen LogP contribution in [0.4, 0.5) is 0 Å². The van der Waals surface area contributed by atoms with Crippen LogP contribution in [0.25, 0.3) is 33.0 Å². The number of ether oxygens (including phenoxy) is 4. The maximum absolute atomic E-state index is 12.8. The summed E-state index contributed by atoms with van der Waals surface area (Å²) >= 11 is 3.65. The minimum atomic E-state index is -0.430. The van der Waals surface area contributed by atoms with Gasteiger partial charge >= 0.3 is 5.97 Å². The van der Waals surface area contributed by atoms with Gasteiger partial charge in [-0.2, -0.15) is 0 Å². The lowest BCUT2D eigenvalue weighted by molar-refractivity contribution is 0.0734. The van der Waals surface area contributed by atoms with E-state index < -0.39 is 5.97 Å². The van der Waals surface area contributed by atoms with Crippen LogP contribution in [0, 0.1) is 0 Å². The second-order valence-electron chi connectivity index (χ2n) is 9.46. The van der Waals surface area contributed by atoms with Gasteiger partial charge in [0.05, 0.1) is 23.2 Å². The minimum absolute atomic E-state index is 0.430. The second kappa shape index (κ2) is 15.9. The first-order chi connectivity index (χ1) is 21.1. The number of halogens is 1. The Balaban J connectivity index is 0.00000207. The Morgan fingerprint density at radius 1 is 0.674 bits per heavy atom. The van der Waals surface area contributed by atoms with E-state index >= 15 is 0 Å². The summed E-state index contributed by atoms with van der Waals surface area (Å²) in [7, 11) is 1.66. The van der Waals surface area contributed by atoms with Gasteiger partial charge in [0, 0.05) is 20.1 Å². The third-order valence-electron chi connectivity index (χ3n) is 6.69. The average molecular weight is 642 g/mol. The van der Waals surface area contributed by atoms with Gasteiger partial charge in [0.25, 0.3) is 0 Å². The van der Waals surface area contributed by atoms with Crippen LogP contribution >= 0.6 is 15.9 Å². The van der Waals surface area contributed by atoms with Crippen LogP contribution in [-0.2, 0) is 4.74 Å². The standard InChI is InChI=1S/C35H31BrO5.C2H6/c1-3-39-30-15-9-25(10-16-30)24-5-7-26(8-6-24)28-13-19-32-29(23-28)14-20-33(34(32)36)41-35(37)27-11-17-31(18-12-27)40-22-4-21-38-2;1-2/h5-20,23H,3-4,21-22H2,1-2H3;1-2H3. The Morgan fingerprint density at radius 3 is 1.86 bits per heavy atom. The Hall–Kier alpha value is -4.13. The number of carbonyl (C=O) groups is 1. The average Bonchev–Trinajstić information content (AvgIpc) is 3.06. The summed E-state index contributed by atoms with van der Waals surface area (Å²) in [5.41, 5.74) is 4.98. The predicted molar refractivity (Wildman–Crippen MR) is 178 cm³/mol. The molecular formula is C37H37BrO5. The number of methoxy groups -OCH3 is 1. The maximum atomic E-state index is 12.8. The van der Waals surface area contributed by atoms with Gasteiger partial charge in [-0.05, 0) is 104 Å². The molecule has 0 bridgehead atoms. The van der Waals surface area contributed by atoms with Crippen LogP contribution in [0.3, 0.4) is 0 Å². The lowest BCUT2D eigenvalue weighted by Crippen LogP contribution is -2.09. The molecule has 222 valence electrons. The number of fused-ring (bicyclic) bond motifs is 1. The Kier molecular flexibility index (Phi) is 11.8. The number of carbonyl (C=O) groups excluding carboxylic acids is 1. The molecule has 0 fully saturated rings. The summed E-state index contributed by atoms with van der Waals surface area (Å²) in [4.78, 5) is 12.8. The maximum Gasteiger partial charge on any atom is 0.343 e. The van der Waals surface area contributed by atoms with Crippen LogP contribution in [0.2, 0.25) is 0 Å². The molecule has 0 aliphatic carbocycles. The molecule has 5 aromatic rings. The van der Waals surface area contributed by atoms with Crippen LogP contribution < -0.4 is 14.2 Å². The monoisotopic (exact) mass is 640 g/mol. The molecule has 5 nitrogen and oxygen atoms in total. The van der Waals surface area contributed by atoms with Crippen LogP contribution in [-0.4, -0.2) is 32.9 Å². The van der Waals surface area contributed by atoms with Crippen molar-refractivity contribution in [1.29, 1.82) is 0 Å². The summed E-state index contributed by atoms with van der Waals surface area (Å²) in [5.74, 6) is 1.61. The zero-order valence-corrected chi connectivity index (χ0v) is 26.6. The highest BCUT2D eigenvalue weighted by atomic mass is 79.9. The lowest BCUT2D eigenvalue weighted by Gasteiger charge is -2.11. The van der Waals surface area contributed by atoms with Crippen LogP contribution in [0.5, 0.6) is 17.2 Å². The molecule has 0 aliphatic heterocycles. The molecule has 0 N–H and O–H groups in total. The fourth-order valence-corrected chi connectivity index (χ4v) is 5.11. The van der Waals surface area contributed by atoms with Crippen molar-refractivity contribution < 1.29 is 23.7 Å². The van der Waals surface area contributed by atoms with Crippen molar-refractivity contribution in [2.75, 3.05) is 26.9 Å². The van der Waals surface area contributed by atoms with Crippen LogP contribution in [0.1, 0.15) is 37.6 Å². The van der Waals surface area contributed by atoms with E-state index in [0.717, 1.165) is 49.7 Å². The molecule has 0 radical (unpaired) electrons. The van der Waals surface area contributed by atoms with E-state index in [1.54, 1.807) is 31.4 Å². The SMILES string of the molecule is CC.CCOc1ccc(-c2ccc(-c3ccc4c(Br)c(OC(=O)c5ccc(OCCCOC)cc5)ccc4c3)cc2)cc1. The molecule has 5 rings (SSSR count). The van der Waals surface area contributed by atoms with Gasteiger partial charge in [-0.3, -0.25) is 0 Å². The molecule has 0 saturated carbocycles. The second-order valence-corrected chi connectivity index (χ2v) is 10.3. The molecule has 6 heteroatoms. The quantitative estimate of drug-likeness (QED) is 0.0817. The van der Waals surface area contributed by atoms with Gasteiger partial charge in [-0.15, -0.1) is 0 Å². The molecule has 0 spiro atoms. The molecule has 0 aliphatic rings. The van der Waals surface area contributed by atoms with E-state index in [1.807, 2.05) is 51.1 Å². The lowest BCUT2D eigenvalue weighted by atomic mass is 9.98. The Morgan fingerprint density at radius 2 is 1.23 bits per heavy atom. The fourth-order valence-electron chi connectivity index (χ4n) is 4.53. The number of hydrogen-bond donors (Lipinski definition) is 0. The number of esters is 1. The van der Waals surface area contributed by atoms with E-state index in [9.17, 15) is 4.79 Å². The number of rotatable bonds is 11. The van der Waals surface area contributed by atoms with Crippen molar-refractivity contribution in [3.05, 3.63) is 113 Å². The summed E-state index contributed by atoms with van der Waals surface area (Å²) in [5, 5.41) is 2.00. The van der Waals surface area contributed by atoms with Crippen molar-refractivity contribution in [3.8, 4) is 39.5 Å². The van der Waals surface area contributed by atoms with Gasteiger partial charge in [-0.1, -0.05) is 68.4 Å². The summed E-state index contributed by atoms with van der Waals surface area (Å²) in [6, 6.07) is 33.7. The summed E-state index contributed by atoms with van der Waals surface area (Å²) in [6.07, 6.45) is 0.800. The molecule has 0 amide bonds. The first-order valence-corrected chi connectivity index (χ1v) is 15.3. The Bertz CT molecular complexity index is 1610. The van der Waals surface area contributed by atoms with Crippen molar-refractivity contribution in [2.45, 2.75) is 27.2 Å². The van der Waals surface area contributed by atoms with Gasteiger partial charge in [-0.25, -0.2) is 4.79 Å². The first-order valence-electron chi connectivity index (χ1n) is 14.6. The highest BCUT2D eigenvalue weighted by Crippen LogP contribution is 2.36. The molecule has 5 aromatic carbocycles. The van der Waals surface area contributed by atoms with E-state index in [0.29, 0.717) is 36.9 Å². The van der Waals surface area contributed by atoms with E-state index in [4.69, 9.17) is 18.9 Å². The van der Waals surface area contributed by atoms with E-state index in [1.165, 1.54) is 0 Å². The van der Waals surface area contributed by atoms with Crippen molar-refractivity contribution in [1.82, 2.24) is 0 Å². The van der Waals surface area contributed by atoms with E-state index in [2.05, 4.69) is 64.5 Å². The highest BCUT2D eigenvalue weighted by Gasteiger charge is 2.14. The van der Waals surface area contributed by atoms with Gasteiger partial charge < -0.3 is 18.9 Å². The zero-order chi connectivity index (χ0) is 30.6. The number of hydrogen-bond acceptors (Lipinski definition) is 5. The van der Waals surface area contributed by atoms with Crippen LogP contribution in [0.15, 0.2) is 108 Å². The third-order valence-corrected chi connectivity index (χ3v) is 7.51. The molecular weight excluding hydrogens is 604 g/mol. The third kappa shape index (κ3) is 8.25. The topological polar surface area (TPSA) is 54.0 Å². The largest absolute Gasteiger partial charge is 0.494 e. The molecule has 43 heavy (non-hydrogen) atoms. The first kappa shape index (κ1) is 31.8. The Labute approximate surface area is 262 Å². The van der Waals surface area contributed by atoms with E-state index in [-0.39, 0.29) is 0 Å². The van der Waals surface area contributed by atoms with Gasteiger partial charge in [0.15, 0.2) is 0 Å².